The Balaban J connectivity index is 1.63. The molecule has 1 N–H and O–H groups in total. The number of ether oxygens (including phenoxy) is 2. The van der Waals surface area contributed by atoms with Gasteiger partial charge in [0.2, 0.25) is 11.8 Å². The van der Waals surface area contributed by atoms with Crippen LogP contribution in [-0.2, 0) is 11.2 Å². The minimum absolute atomic E-state index is 0.125. The molecule has 0 spiro atoms. The van der Waals surface area contributed by atoms with Crippen LogP contribution >= 0.6 is 11.6 Å². The number of aryl methyl sites for hydroxylation is 3. The number of carbonyl (C=O) groups is 1. The minimum Gasteiger partial charge on any atom is -0.495 e. The second kappa shape index (κ2) is 10.4. The number of nitrogens with one attached hydrogen (secondary N) is 1. The number of halogens is 1. The molecule has 0 unspecified atom stereocenters. The van der Waals surface area contributed by atoms with Crippen LogP contribution in [-0.4, -0.2) is 34.4 Å². The van der Waals surface area contributed by atoms with Crippen LogP contribution in [0.25, 0.3) is 16.7 Å². The van der Waals surface area contributed by atoms with Crippen molar-refractivity contribution in [1.82, 2.24) is 14.8 Å². The first kappa shape index (κ1) is 24.5. The van der Waals surface area contributed by atoms with Crippen molar-refractivity contribution in [1.29, 1.82) is 0 Å². The number of methoxy groups -OCH3 is 1. The van der Waals surface area contributed by atoms with Gasteiger partial charge in [-0.05, 0) is 70.0 Å². The van der Waals surface area contributed by atoms with Gasteiger partial charge in [-0.2, -0.15) is 10.1 Å². The highest BCUT2D eigenvalue weighted by molar-refractivity contribution is 6.32. The van der Waals surface area contributed by atoms with Gasteiger partial charge in [-0.25, -0.2) is 4.68 Å². The fraction of sp³-hybridized carbons (Fsp3) is 0.296. The Bertz CT molecular complexity index is 1380. The van der Waals surface area contributed by atoms with Crippen LogP contribution in [0.2, 0.25) is 5.02 Å². The van der Waals surface area contributed by atoms with Gasteiger partial charge in [-0.3, -0.25) is 4.79 Å². The van der Waals surface area contributed by atoms with E-state index in [4.69, 9.17) is 31.2 Å². The number of rotatable bonds is 8. The highest BCUT2D eigenvalue weighted by Crippen LogP contribution is 2.32. The molecule has 1 amide bonds. The maximum atomic E-state index is 12.7. The molecule has 0 saturated heterocycles. The Labute approximate surface area is 210 Å². The van der Waals surface area contributed by atoms with Gasteiger partial charge in [0.25, 0.3) is 0 Å². The Morgan fingerprint density at radius 3 is 2.51 bits per heavy atom. The number of anilines is 1. The van der Waals surface area contributed by atoms with E-state index in [-0.39, 0.29) is 12.3 Å². The number of carbonyl (C=O) groups excluding carboxylic acids is 1. The summed E-state index contributed by atoms with van der Waals surface area (Å²) in [5, 5.41) is 9.08. The minimum atomic E-state index is -0.125. The van der Waals surface area contributed by atoms with Crippen LogP contribution in [0.1, 0.15) is 35.7 Å². The molecule has 0 saturated carbocycles. The molecular formula is C27H29ClN4O3. The third-order valence-corrected chi connectivity index (χ3v) is 6.22. The Kier molecular flexibility index (Phi) is 7.26. The summed E-state index contributed by atoms with van der Waals surface area (Å²) in [5.41, 5.74) is 6.29. The van der Waals surface area contributed by atoms with Crippen molar-refractivity contribution >= 4 is 34.2 Å². The zero-order chi connectivity index (χ0) is 25.1. The number of amides is 1. The van der Waals surface area contributed by atoms with Crippen molar-refractivity contribution in [3.05, 3.63) is 69.9 Å². The SMILES string of the molecule is CCOc1nc2c(c(C)nn2-c2ccc(C)cc2)c(C)c1CCC(=O)Nc1ccc(OC)c(Cl)c1. The molecule has 0 aliphatic heterocycles. The lowest BCUT2D eigenvalue weighted by molar-refractivity contribution is -0.116. The summed E-state index contributed by atoms with van der Waals surface area (Å²) in [6.07, 6.45) is 0.748. The van der Waals surface area contributed by atoms with Gasteiger partial charge in [-0.1, -0.05) is 29.3 Å². The van der Waals surface area contributed by atoms with Crippen molar-refractivity contribution < 1.29 is 14.3 Å². The molecular weight excluding hydrogens is 464 g/mol. The molecule has 2 aromatic heterocycles. The summed E-state index contributed by atoms with van der Waals surface area (Å²) < 4.78 is 12.9. The number of benzene rings is 2. The smallest absolute Gasteiger partial charge is 0.224 e. The zero-order valence-electron chi connectivity index (χ0n) is 20.6. The predicted octanol–water partition coefficient (Wildman–Crippen LogP) is 5.98. The van der Waals surface area contributed by atoms with Crippen molar-refractivity contribution in [2.24, 2.45) is 0 Å². The van der Waals surface area contributed by atoms with E-state index in [9.17, 15) is 4.79 Å². The van der Waals surface area contributed by atoms with E-state index in [0.717, 1.165) is 33.5 Å². The molecule has 4 rings (SSSR count). The zero-order valence-corrected chi connectivity index (χ0v) is 21.4. The lowest BCUT2D eigenvalue weighted by atomic mass is 10.0. The Morgan fingerprint density at radius 1 is 1.11 bits per heavy atom. The van der Waals surface area contributed by atoms with E-state index >= 15 is 0 Å². The molecule has 0 aliphatic rings. The van der Waals surface area contributed by atoms with Gasteiger partial charge in [-0.15, -0.1) is 0 Å². The van der Waals surface area contributed by atoms with Crippen molar-refractivity contribution in [2.75, 3.05) is 19.0 Å². The summed E-state index contributed by atoms with van der Waals surface area (Å²) >= 11 is 6.18. The summed E-state index contributed by atoms with van der Waals surface area (Å²) in [6.45, 7) is 8.47. The topological polar surface area (TPSA) is 78.3 Å². The highest BCUT2D eigenvalue weighted by atomic mass is 35.5. The molecule has 182 valence electrons. The molecule has 2 heterocycles. The second-order valence-corrected chi connectivity index (χ2v) is 8.79. The predicted molar refractivity (Wildman–Crippen MR) is 139 cm³/mol. The summed E-state index contributed by atoms with van der Waals surface area (Å²) in [6, 6.07) is 13.3. The average Bonchev–Trinajstić information content (AvgIpc) is 3.16. The third kappa shape index (κ3) is 5.10. The van der Waals surface area contributed by atoms with Crippen LogP contribution in [0.15, 0.2) is 42.5 Å². The van der Waals surface area contributed by atoms with Crippen molar-refractivity contribution in [2.45, 2.75) is 40.5 Å². The summed E-state index contributed by atoms with van der Waals surface area (Å²) in [4.78, 5) is 17.6. The quantitative estimate of drug-likeness (QED) is 0.327. The third-order valence-electron chi connectivity index (χ3n) is 5.93. The lowest BCUT2D eigenvalue weighted by Gasteiger charge is -2.14. The number of aromatic nitrogens is 3. The molecule has 2 aromatic carbocycles. The summed E-state index contributed by atoms with van der Waals surface area (Å²) in [7, 11) is 1.55. The monoisotopic (exact) mass is 492 g/mol. The fourth-order valence-corrected chi connectivity index (χ4v) is 4.41. The van der Waals surface area contributed by atoms with Gasteiger partial charge >= 0.3 is 0 Å². The fourth-order valence-electron chi connectivity index (χ4n) is 4.16. The number of pyridine rings is 1. The number of fused-ring (bicyclic) bond motifs is 1. The molecule has 0 radical (unpaired) electrons. The summed E-state index contributed by atoms with van der Waals surface area (Å²) in [5.74, 6) is 0.967. The standard InChI is InChI=1S/C27H29ClN4O3/c1-6-35-27-21(12-14-24(33)29-19-9-13-23(34-5)22(28)15-19)17(3)25-18(4)31-32(26(25)30-27)20-10-7-16(2)8-11-20/h7-11,13,15H,6,12,14H2,1-5H3,(H,29,33). The van der Waals surface area contributed by atoms with Gasteiger partial charge in [0, 0.05) is 23.1 Å². The molecule has 0 atom stereocenters. The largest absolute Gasteiger partial charge is 0.495 e. The lowest BCUT2D eigenvalue weighted by Crippen LogP contribution is -2.13. The molecule has 4 aromatic rings. The molecule has 0 bridgehead atoms. The van der Waals surface area contributed by atoms with Crippen LogP contribution in [0, 0.1) is 20.8 Å². The van der Waals surface area contributed by atoms with Gasteiger partial charge in [0.15, 0.2) is 5.65 Å². The van der Waals surface area contributed by atoms with Gasteiger partial charge in [0.1, 0.15) is 5.75 Å². The highest BCUT2D eigenvalue weighted by Gasteiger charge is 2.21. The molecule has 35 heavy (non-hydrogen) atoms. The van der Waals surface area contributed by atoms with E-state index in [1.807, 2.05) is 37.6 Å². The van der Waals surface area contributed by atoms with Gasteiger partial charge in [0.05, 0.1) is 30.1 Å². The van der Waals surface area contributed by atoms with E-state index < -0.39 is 0 Å². The number of hydrogen-bond acceptors (Lipinski definition) is 5. The van der Waals surface area contributed by atoms with E-state index in [1.54, 1.807) is 25.3 Å². The molecule has 7 nitrogen and oxygen atoms in total. The van der Waals surface area contributed by atoms with Crippen LogP contribution in [0.5, 0.6) is 11.6 Å². The van der Waals surface area contributed by atoms with Crippen LogP contribution in [0.3, 0.4) is 0 Å². The molecule has 8 heteroatoms. The average molecular weight is 493 g/mol. The second-order valence-electron chi connectivity index (χ2n) is 8.38. The Morgan fingerprint density at radius 2 is 1.86 bits per heavy atom. The number of hydrogen-bond donors (Lipinski definition) is 1. The normalized spacial score (nSPS) is 11.0. The van der Waals surface area contributed by atoms with Crippen molar-refractivity contribution in [3.63, 3.8) is 0 Å². The maximum absolute atomic E-state index is 12.7. The molecule has 0 fully saturated rings. The first-order valence-corrected chi connectivity index (χ1v) is 11.9. The van der Waals surface area contributed by atoms with Crippen LogP contribution in [0.4, 0.5) is 5.69 Å². The molecule has 0 aliphatic carbocycles. The van der Waals surface area contributed by atoms with E-state index in [2.05, 4.69) is 24.4 Å². The first-order chi connectivity index (χ1) is 16.8. The first-order valence-electron chi connectivity index (χ1n) is 11.5. The number of nitrogens with zero attached hydrogens (tertiary/aromatic N) is 3. The van der Waals surface area contributed by atoms with E-state index in [1.165, 1.54) is 5.56 Å². The van der Waals surface area contributed by atoms with E-state index in [0.29, 0.717) is 35.4 Å². The maximum Gasteiger partial charge on any atom is 0.224 e. The Hall–Kier alpha value is -3.58. The van der Waals surface area contributed by atoms with Crippen molar-refractivity contribution in [3.8, 4) is 17.3 Å². The van der Waals surface area contributed by atoms with Crippen LogP contribution < -0.4 is 14.8 Å². The van der Waals surface area contributed by atoms with Gasteiger partial charge < -0.3 is 14.8 Å².